The normalized spacial score (nSPS) is 18.6. The van der Waals surface area contributed by atoms with Crippen LogP contribution in [-0.2, 0) is 11.8 Å². The van der Waals surface area contributed by atoms with Gasteiger partial charge in [-0.3, -0.25) is 0 Å². The molecule has 0 aromatic rings. The van der Waals surface area contributed by atoms with Crippen molar-refractivity contribution in [3.8, 4) is 0 Å². The summed E-state index contributed by atoms with van der Waals surface area (Å²) in [5.74, 6) is 0. The maximum atomic E-state index is 10.6. The molecule has 0 amide bonds. The zero-order valence-corrected chi connectivity index (χ0v) is 14.0. The van der Waals surface area contributed by atoms with Gasteiger partial charge in [-0.1, -0.05) is 19.3 Å². The van der Waals surface area contributed by atoms with Crippen molar-refractivity contribution < 1.29 is 68.9 Å². The van der Waals surface area contributed by atoms with Crippen molar-refractivity contribution in [3.05, 3.63) is 0 Å². The fraction of sp³-hybridized carbons (Fsp3) is 1.00. The second-order valence-electron chi connectivity index (χ2n) is 2.96. The molecule has 1 fully saturated rings. The van der Waals surface area contributed by atoms with Gasteiger partial charge in [0, 0.05) is 6.04 Å². The molecule has 0 unspecified atom stereocenters. The Labute approximate surface area is 129 Å². The minimum absolute atomic E-state index is 0. The number of hydrogen-bond acceptors (Lipinski definition) is 3. The number of rotatable bonds is 2. The molecule has 0 heterocycles. The molecule has 0 saturated heterocycles. The SMILES string of the molecule is [Na+].[Na+].[O-]P([O-])(=S)NC1CCCCC1. The fourth-order valence-corrected chi connectivity index (χ4v) is 2.61. The van der Waals surface area contributed by atoms with E-state index < -0.39 is 6.64 Å². The van der Waals surface area contributed by atoms with Crippen molar-refractivity contribution in [1.29, 1.82) is 0 Å². The zero-order valence-electron chi connectivity index (χ0n) is 8.28. The van der Waals surface area contributed by atoms with Gasteiger partial charge in [-0.05, 0) is 12.8 Å². The summed E-state index contributed by atoms with van der Waals surface area (Å²) in [5, 5.41) is 2.47. The molecule has 1 N–H and O–H groups in total. The molecule has 1 rings (SSSR count). The molecule has 0 bridgehead atoms. The average Bonchev–Trinajstić information content (AvgIpc) is 1.85. The van der Waals surface area contributed by atoms with Gasteiger partial charge in [0.1, 0.15) is 0 Å². The van der Waals surface area contributed by atoms with Gasteiger partial charge in [-0.15, -0.1) is 11.8 Å². The van der Waals surface area contributed by atoms with E-state index in [4.69, 9.17) is 0 Å². The Kier molecular flexibility index (Phi) is 11.9. The van der Waals surface area contributed by atoms with E-state index in [1.807, 2.05) is 0 Å². The Morgan fingerprint density at radius 3 is 1.92 bits per heavy atom. The first-order chi connectivity index (χ1) is 5.08. The minimum atomic E-state index is -3.65. The van der Waals surface area contributed by atoms with Crippen molar-refractivity contribution in [2.75, 3.05) is 0 Å². The van der Waals surface area contributed by atoms with E-state index in [-0.39, 0.29) is 65.2 Å². The molecule has 0 spiro atoms. The summed E-state index contributed by atoms with van der Waals surface area (Å²) in [6.45, 7) is -3.65. The molecule has 3 nitrogen and oxygen atoms in total. The molecule has 0 aliphatic heterocycles. The maximum Gasteiger partial charge on any atom is 1.00 e. The molecule has 1 aliphatic rings. The van der Waals surface area contributed by atoms with Gasteiger partial charge in [-0.25, -0.2) is 0 Å². The molecule has 0 aromatic carbocycles. The standard InChI is InChI=1S/C6H14NO2PS.2Na/c8-10(9,11)7-6-4-2-1-3-5-6;;/h6H,1-5H2,(H3,7,8,9,11);;/q;2*+1/p-2. The Hall–Kier alpha value is 2.53. The number of hydrogen-bond donors (Lipinski definition) is 1. The number of nitrogens with one attached hydrogen (secondary N) is 1. The molecule has 13 heavy (non-hydrogen) atoms. The van der Waals surface area contributed by atoms with Crippen molar-refractivity contribution >= 4 is 18.4 Å². The van der Waals surface area contributed by atoms with Crippen molar-refractivity contribution in [1.82, 2.24) is 5.09 Å². The molecule has 7 heteroatoms. The van der Waals surface area contributed by atoms with E-state index in [0.29, 0.717) is 0 Å². The smallest absolute Gasteiger partial charge is 0.821 e. The quantitative estimate of drug-likeness (QED) is 0.385. The fourth-order valence-electron chi connectivity index (χ4n) is 1.46. The van der Waals surface area contributed by atoms with Crippen molar-refractivity contribution in [2.45, 2.75) is 38.1 Å². The van der Waals surface area contributed by atoms with Crippen LogP contribution in [0.5, 0.6) is 0 Å². The van der Waals surface area contributed by atoms with Crippen LogP contribution < -0.4 is 74.0 Å². The molecular weight excluding hydrogens is 227 g/mol. The first-order valence-electron chi connectivity index (χ1n) is 3.88. The van der Waals surface area contributed by atoms with Crippen LogP contribution in [0.25, 0.3) is 0 Å². The second kappa shape index (κ2) is 8.66. The summed E-state index contributed by atoms with van der Waals surface area (Å²) in [5.41, 5.74) is 0. The molecule has 66 valence electrons. The summed E-state index contributed by atoms with van der Waals surface area (Å²) in [6, 6.07) is 0.115. The second-order valence-corrected chi connectivity index (χ2v) is 5.66. The topological polar surface area (TPSA) is 58.1 Å². The third-order valence-electron chi connectivity index (χ3n) is 1.95. The van der Waals surface area contributed by atoms with Crippen molar-refractivity contribution in [3.63, 3.8) is 0 Å². The maximum absolute atomic E-state index is 10.6. The first-order valence-corrected chi connectivity index (χ1v) is 6.51. The van der Waals surface area contributed by atoms with E-state index >= 15 is 0 Å². The van der Waals surface area contributed by atoms with Gasteiger partial charge in [0.05, 0.1) is 0 Å². The Balaban J connectivity index is 0. The van der Waals surface area contributed by atoms with Crippen LogP contribution in [-0.4, -0.2) is 6.04 Å². The van der Waals surface area contributed by atoms with E-state index in [2.05, 4.69) is 16.9 Å². The average molecular weight is 239 g/mol. The Bertz CT molecular complexity index is 172. The molecule has 1 saturated carbocycles. The minimum Gasteiger partial charge on any atom is -0.821 e. The van der Waals surface area contributed by atoms with Crippen LogP contribution in [0.1, 0.15) is 32.1 Å². The van der Waals surface area contributed by atoms with Crippen LogP contribution in [0, 0.1) is 0 Å². The van der Waals surface area contributed by atoms with Gasteiger partial charge in [0.25, 0.3) is 0 Å². The van der Waals surface area contributed by atoms with Crippen molar-refractivity contribution in [2.24, 2.45) is 0 Å². The molecule has 0 atom stereocenters. The molecule has 0 aromatic heterocycles. The Morgan fingerprint density at radius 1 is 1.08 bits per heavy atom. The summed E-state index contributed by atoms with van der Waals surface area (Å²) in [4.78, 5) is 21.3. The van der Waals surface area contributed by atoms with Crippen LogP contribution >= 0.6 is 6.64 Å². The van der Waals surface area contributed by atoms with Gasteiger partial charge in [0.15, 0.2) is 0 Å². The van der Waals surface area contributed by atoms with Crippen LogP contribution in [0.4, 0.5) is 0 Å². The third kappa shape index (κ3) is 9.46. The first kappa shape index (κ1) is 17.9. The van der Waals surface area contributed by atoms with Gasteiger partial charge >= 0.3 is 59.1 Å². The molecule has 1 aliphatic carbocycles. The van der Waals surface area contributed by atoms with Gasteiger partial charge < -0.3 is 14.9 Å². The van der Waals surface area contributed by atoms with Crippen LogP contribution in [0.2, 0.25) is 0 Å². The monoisotopic (exact) mass is 239 g/mol. The molecule has 0 radical (unpaired) electrons. The van der Waals surface area contributed by atoms with E-state index in [9.17, 15) is 9.79 Å². The summed E-state index contributed by atoms with van der Waals surface area (Å²) < 4.78 is 0. The zero-order chi connectivity index (χ0) is 8.32. The Morgan fingerprint density at radius 2 is 1.54 bits per heavy atom. The van der Waals surface area contributed by atoms with E-state index in [1.54, 1.807) is 0 Å². The van der Waals surface area contributed by atoms with Crippen LogP contribution in [0.3, 0.4) is 0 Å². The van der Waals surface area contributed by atoms with Crippen LogP contribution in [0.15, 0.2) is 0 Å². The molecular formula is C6H12NNa2O2PS. The van der Waals surface area contributed by atoms with Gasteiger partial charge in [-0.2, -0.15) is 6.64 Å². The largest absolute Gasteiger partial charge is 1.00 e. The van der Waals surface area contributed by atoms with E-state index in [0.717, 1.165) is 25.7 Å². The predicted octanol–water partition coefficient (Wildman–Crippen LogP) is -6.14. The third-order valence-corrected chi connectivity index (χ3v) is 2.94. The van der Waals surface area contributed by atoms with Gasteiger partial charge in [0.2, 0.25) is 0 Å². The summed E-state index contributed by atoms with van der Waals surface area (Å²) >= 11 is 4.25. The predicted molar refractivity (Wildman–Crippen MR) is 44.3 cm³/mol. The van der Waals surface area contributed by atoms with E-state index in [1.165, 1.54) is 6.42 Å². The summed E-state index contributed by atoms with van der Waals surface area (Å²) in [6.07, 6.45) is 5.35. The summed E-state index contributed by atoms with van der Waals surface area (Å²) in [7, 11) is 0.